The summed E-state index contributed by atoms with van der Waals surface area (Å²) in [4.78, 5) is 21.8. The Morgan fingerprint density at radius 1 is 1.20 bits per heavy atom. The van der Waals surface area contributed by atoms with Crippen molar-refractivity contribution in [3.05, 3.63) is 0 Å². The molecule has 15 heavy (non-hydrogen) atoms. The lowest BCUT2D eigenvalue weighted by Crippen LogP contribution is -2.49. The smallest absolute Gasteiger partial charge is 0.336 e. The van der Waals surface area contributed by atoms with Gasteiger partial charge in [-0.3, -0.25) is 4.79 Å². The third kappa shape index (κ3) is 3.20. The van der Waals surface area contributed by atoms with E-state index >= 15 is 0 Å². The molecule has 0 aliphatic heterocycles. The molecular formula is C10H18O5. The molecule has 0 rings (SSSR count). The Kier molecular flexibility index (Phi) is 5.28. The number of hydrogen-bond acceptors (Lipinski definition) is 3. The maximum atomic E-state index is 10.9. The van der Waals surface area contributed by atoms with Gasteiger partial charge in [-0.05, 0) is 12.8 Å². The number of carbonyl (C=O) groups is 2. The van der Waals surface area contributed by atoms with E-state index < -0.39 is 23.5 Å². The Morgan fingerprint density at radius 2 is 1.73 bits per heavy atom. The van der Waals surface area contributed by atoms with Gasteiger partial charge in [0.05, 0.1) is 5.92 Å². The second-order valence-electron chi connectivity index (χ2n) is 3.66. The Labute approximate surface area is 88.7 Å². The summed E-state index contributed by atoms with van der Waals surface area (Å²) < 4.78 is 0. The van der Waals surface area contributed by atoms with Gasteiger partial charge in [-0.15, -0.1) is 0 Å². The largest absolute Gasteiger partial charge is 0.481 e. The number of carboxylic acids is 2. The molecule has 2 atom stereocenters. The van der Waals surface area contributed by atoms with Crippen molar-refractivity contribution in [3.63, 3.8) is 0 Å². The van der Waals surface area contributed by atoms with Gasteiger partial charge in [0.25, 0.3) is 0 Å². The van der Waals surface area contributed by atoms with E-state index in [0.717, 1.165) is 0 Å². The Hall–Kier alpha value is -1.10. The Balaban J connectivity index is 4.98. The normalized spacial score (nSPS) is 16.7. The van der Waals surface area contributed by atoms with Crippen molar-refractivity contribution in [3.8, 4) is 0 Å². The number of rotatable bonds is 7. The maximum absolute atomic E-state index is 10.9. The van der Waals surface area contributed by atoms with Crippen LogP contribution in [0.3, 0.4) is 0 Å². The summed E-state index contributed by atoms with van der Waals surface area (Å²) in [6.45, 7) is 3.46. The van der Waals surface area contributed by atoms with Gasteiger partial charge in [0.15, 0.2) is 5.60 Å². The fourth-order valence-electron chi connectivity index (χ4n) is 1.67. The molecule has 0 aromatic rings. The summed E-state index contributed by atoms with van der Waals surface area (Å²) in [5.74, 6) is -3.94. The molecule has 0 amide bonds. The average Bonchev–Trinajstić information content (AvgIpc) is 2.13. The molecule has 0 bridgehead atoms. The van der Waals surface area contributed by atoms with Crippen LogP contribution in [0.25, 0.3) is 0 Å². The molecule has 5 nitrogen and oxygen atoms in total. The molecule has 0 heterocycles. The Morgan fingerprint density at radius 3 is 2.00 bits per heavy atom. The first-order valence-corrected chi connectivity index (χ1v) is 5.08. The zero-order valence-electron chi connectivity index (χ0n) is 9.06. The van der Waals surface area contributed by atoms with Gasteiger partial charge in [0, 0.05) is 0 Å². The third-order valence-corrected chi connectivity index (χ3v) is 2.45. The van der Waals surface area contributed by atoms with Crippen molar-refractivity contribution in [1.82, 2.24) is 0 Å². The first-order chi connectivity index (χ1) is 6.90. The van der Waals surface area contributed by atoms with Gasteiger partial charge in [0.2, 0.25) is 0 Å². The van der Waals surface area contributed by atoms with Crippen molar-refractivity contribution in [2.24, 2.45) is 5.92 Å². The molecule has 0 spiro atoms. The lowest BCUT2D eigenvalue weighted by molar-refractivity contribution is -0.176. The van der Waals surface area contributed by atoms with Crippen molar-refractivity contribution in [2.75, 3.05) is 0 Å². The van der Waals surface area contributed by atoms with Crippen LogP contribution in [0.5, 0.6) is 0 Å². The van der Waals surface area contributed by atoms with Crippen LogP contribution in [-0.2, 0) is 9.59 Å². The highest BCUT2D eigenvalue weighted by atomic mass is 16.4. The first kappa shape index (κ1) is 13.9. The van der Waals surface area contributed by atoms with Gasteiger partial charge >= 0.3 is 11.9 Å². The van der Waals surface area contributed by atoms with Gasteiger partial charge in [-0.2, -0.15) is 0 Å². The minimum atomic E-state index is -2.14. The lowest BCUT2D eigenvalue weighted by Gasteiger charge is -2.29. The minimum Gasteiger partial charge on any atom is -0.481 e. The summed E-state index contributed by atoms with van der Waals surface area (Å²) in [5, 5.41) is 27.7. The fraction of sp³-hybridized carbons (Fsp3) is 0.800. The van der Waals surface area contributed by atoms with E-state index in [4.69, 9.17) is 10.2 Å². The van der Waals surface area contributed by atoms with E-state index in [-0.39, 0.29) is 12.8 Å². The predicted molar refractivity (Wildman–Crippen MR) is 53.5 cm³/mol. The molecule has 0 fully saturated rings. The number of carboxylic acid groups (broad SMARTS) is 2. The highest BCUT2D eigenvalue weighted by molar-refractivity contribution is 5.85. The standard InChI is InChI=1S/C10H18O5/c1-3-5-7(8(11)12)10(15,6-4-2)9(13)14/h7,15H,3-6H2,1-2H3,(H,11,12)(H,13,14). The van der Waals surface area contributed by atoms with E-state index in [9.17, 15) is 14.7 Å². The van der Waals surface area contributed by atoms with Crippen LogP contribution < -0.4 is 0 Å². The van der Waals surface area contributed by atoms with Crippen molar-refractivity contribution < 1.29 is 24.9 Å². The highest BCUT2D eigenvalue weighted by Crippen LogP contribution is 2.28. The molecule has 3 N–H and O–H groups in total. The van der Waals surface area contributed by atoms with Crippen LogP contribution >= 0.6 is 0 Å². The molecule has 0 aromatic carbocycles. The van der Waals surface area contributed by atoms with Gasteiger partial charge in [0.1, 0.15) is 0 Å². The van der Waals surface area contributed by atoms with Crippen LogP contribution in [0.1, 0.15) is 39.5 Å². The van der Waals surface area contributed by atoms with Crippen molar-refractivity contribution in [1.29, 1.82) is 0 Å². The Bertz CT molecular complexity index is 238. The fourth-order valence-corrected chi connectivity index (χ4v) is 1.67. The predicted octanol–water partition coefficient (Wildman–Crippen LogP) is 1.10. The second kappa shape index (κ2) is 5.70. The van der Waals surface area contributed by atoms with Crippen LogP contribution in [-0.4, -0.2) is 32.9 Å². The zero-order chi connectivity index (χ0) is 12.1. The van der Waals surface area contributed by atoms with E-state index in [1.165, 1.54) is 0 Å². The summed E-state index contributed by atoms with van der Waals surface area (Å²) >= 11 is 0. The van der Waals surface area contributed by atoms with Gasteiger partial charge < -0.3 is 15.3 Å². The van der Waals surface area contributed by atoms with Crippen LogP contribution in [0, 0.1) is 5.92 Å². The highest BCUT2D eigenvalue weighted by Gasteiger charge is 2.46. The maximum Gasteiger partial charge on any atom is 0.336 e. The van der Waals surface area contributed by atoms with Gasteiger partial charge in [-0.25, -0.2) is 4.79 Å². The van der Waals surface area contributed by atoms with Crippen LogP contribution in [0.2, 0.25) is 0 Å². The summed E-state index contributed by atoms with van der Waals surface area (Å²) in [7, 11) is 0. The SMILES string of the molecule is CCCC(C(=O)O)C(O)(CCC)C(=O)O. The van der Waals surface area contributed by atoms with Crippen LogP contribution in [0.15, 0.2) is 0 Å². The average molecular weight is 218 g/mol. The third-order valence-electron chi connectivity index (χ3n) is 2.45. The number of aliphatic hydroxyl groups is 1. The number of hydrogen-bond donors (Lipinski definition) is 3. The first-order valence-electron chi connectivity index (χ1n) is 5.08. The van der Waals surface area contributed by atoms with Gasteiger partial charge in [-0.1, -0.05) is 26.7 Å². The zero-order valence-corrected chi connectivity index (χ0v) is 9.06. The molecule has 0 aromatic heterocycles. The summed E-state index contributed by atoms with van der Waals surface area (Å²) in [6, 6.07) is 0. The lowest BCUT2D eigenvalue weighted by atomic mass is 9.81. The van der Waals surface area contributed by atoms with Crippen LogP contribution in [0.4, 0.5) is 0 Å². The minimum absolute atomic E-state index is 0.0424. The summed E-state index contributed by atoms with van der Waals surface area (Å²) in [6.07, 6.45) is 1.07. The number of aliphatic carboxylic acids is 2. The molecule has 5 heteroatoms. The van der Waals surface area contributed by atoms with E-state index in [0.29, 0.717) is 12.8 Å². The topological polar surface area (TPSA) is 94.8 Å². The van der Waals surface area contributed by atoms with E-state index in [1.807, 2.05) is 0 Å². The van der Waals surface area contributed by atoms with E-state index in [1.54, 1.807) is 13.8 Å². The molecule has 0 saturated carbocycles. The quantitative estimate of drug-likeness (QED) is 0.594. The second-order valence-corrected chi connectivity index (χ2v) is 3.66. The molecular weight excluding hydrogens is 200 g/mol. The molecule has 0 aliphatic rings. The molecule has 0 aliphatic carbocycles. The van der Waals surface area contributed by atoms with Crippen molar-refractivity contribution in [2.45, 2.75) is 45.1 Å². The molecule has 0 radical (unpaired) electrons. The summed E-state index contributed by atoms with van der Waals surface area (Å²) in [5.41, 5.74) is -2.14. The van der Waals surface area contributed by atoms with Crippen molar-refractivity contribution >= 4 is 11.9 Å². The molecule has 2 unspecified atom stereocenters. The van der Waals surface area contributed by atoms with E-state index in [2.05, 4.69) is 0 Å². The molecule has 0 saturated heterocycles. The monoisotopic (exact) mass is 218 g/mol. The molecule has 88 valence electrons.